The molecule has 2 N–H and O–H groups in total. The second kappa shape index (κ2) is 61.9. The Morgan fingerprint density at radius 1 is 0.240 bits per heavy atom. The van der Waals surface area contributed by atoms with Crippen molar-refractivity contribution in [2.24, 2.45) is 23.7 Å². The van der Waals surface area contributed by atoms with Crippen LogP contribution in [0.5, 0.6) is 34.5 Å². The molecule has 0 radical (unpaired) electrons. The van der Waals surface area contributed by atoms with Gasteiger partial charge < -0.3 is 38.6 Å². The van der Waals surface area contributed by atoms with Crippen molar-refractivity contribution in [2.75, 3.05) is 39.6 Å². The van der Waals surface area contributed by atoms with Crippen LogP contribution in [0.2, 0.25) is 0 Å². The fourth-order valence-electron chi connectivity index (χ4n) is 13.3. The van der Waals surface area contributed by atoms with Gasteiger partial charge in [0.25, 0.3) is 0 Å². The summed E-state index contributed by atoms with van der Waals surface area (Å²) in [7, 11) is 0. The van der Waals surface area contributed by atoms with Crippen LogP contribution in [0.1, 0.15) is 411 Å². The molecule has 0 aliphatic rings. The number of ether oxygens (including phenoxy) is 6. The maximum Gasteiger partial charge on any atom is 0.136 e. The number of aliphatic hydroxyl groups excluding tert-OH is 2. The van der Waals surface area contributed by atoms with Crippen molar-refractivity contribution < 1.29 is 38.6 Å². The molecule has 0 heterocycles. The van der Waals surface area contributed by atoms with Crippen molar-refractivity contribution in [1.82, 2.24) is 0 Å². The molecule has 0 spiro atoms. The molecule has 0 aromatic heterocycles. The Labute approximate surface area is 617 Å². The zero-order valence-corrected chi connectivity index (χ0v) is 66.7. The average molecular weight is 1390 g/mol. The normalized spacial score (nSPS) is 12.0. The van der Waals surface area contributed by atoms with E-state index in [2.05, 4.69) is 105 Å². The Bertz CT molecular complexity index is 2390. The molecule has 8 nitrogen and oxygen atoms in total. The Kier molecular flexibility index (Phi) is 55.6. The standard InChI is InChI=1S/C92H154O8/c1-11-15-19-23-27-31-35-39-43-47-63-95-89-73-85(75-93)91(97-65-49-45-41-37-33-29-25-21-17-13-3)71-83(89)59-57-81-69-88(100-68-62-80(10)56-52-54-78(7)8)82(70-87(81)99-67-61-79(9)55-51-53-77(5)6)58-60-84-72-92(98-66-50-46-42-38-34-30-26-22-18-14-4)86(76-94)74-90(84)96-64-48-44-40-36-32-28-24-20-16-12-2/h69-74,77-80,93-94H,11-56,61-68,75-76H2,1-10H3/t79-,80-/m0/s1. The van der Waals surface area contributed by atoms with Gasteiger partial charge in [-0.25, -0.2) is 0 Å². The lowest BCUT2D eigenvalue weighted by Gasteiger charge is -2.17. The van der Waals surface area contributed by atoms with Crippen molar-refractivity contribution in [3.8, 4) is 58.2 Å². The number of rotatable bonds is 66. The largest absolute Gasteiger partial charge is 0.493 e. The zero-order chi connectivity index (χ0) is 72.1. The Hall–Kier alpha value is -4.50. The molecule has 3 aromatic carbocycles. The second-order valence-corrected chi connectivity index (χ2v) is 30.8. The molecule has 0 bridgehead atoms. The Balaban J connectivity index is 2.18. The fourth-order valence-corrected chi connectivity index (χ4v) is 13.3. The van der Waals surface area contributed by atoms with Crippen LogP contribution in [0, 0.1) is 47.4 Å². The maximum absolute atomic E-state index is 10.9. The van der Waals surface area contributed by atoms with Crippen LogP contribution in [-0.2, 0) is 13.2 Å². The molecule has 3 rings (SSSR count). The van der Waals surface area contributed by atoms with Gasteiger partial charge in [-0.05, 0) is 86.5 Å². The van der Waals surface area contributed by atoms with Gasteiger partial charge in [-0.1, -0.05) is 363 Å². The molecule has 0 saturated heterocycles. The van der Waals surface area contributed by atoms with Gasteiger partial charge in [-0.15, -0.1) is 0 Å². The minimum Gasteiger partial charge on any atom is -0.493 e. The van der Waals surface area contributed by atoms with Gasteiger partial charge in [0.05, 0.1) is 75.1 Å². The predicted molar refractivity (Wildman–Crippen MR) is 428 cm³/mol. The van der Waals surface area contributed by atoms with E-state index in [9.17, 15) is 10.2 Å². The molecular weight excluding hydrogens is 1230 g/mol. The molecule has 100 heavy (non-hydrogen) atoms. The van der Waals surface area contributed by atoms with Crippen molar-refractivity contribution in [3.63, 3.8) is 0 Å². The van der Waals surface area contributed by atoms with Crippen molar-refractivity contribution in [1.29, 1.82) is 0 Å². The van der Waals surface area contributed by atoms with E-state index >= 15 is 0 Å². The minimum absolute atomic E-state index is 0.157. The number of unbranched alkanes of at least 4 members (excludes halogenated alkanes) is 36. The van der Waals surface area contributed by atoms with Crippen LogP contribution in [0.4, 0.5) is 0 Å². The van der Waals surface area contributed by atoms with Gasteiger partial charge in [-0.3, -0.25) is 0 Å². The second-order valence-electron chi connectivity index (χ2n) is 30.8. The lowest BCUT2D eigenvalue weighted by Crippen LogP contribution is -2.08. The van der Waals surface area contributed by atoms with E-state index < -0.39 is 0 Å². The summed E-state index contributed by atoms with van der Waals surface area (Å²) in [5.74, 6) is 20.8. The van der Waals surface area contributed by atoms with Gasteiger partial charge in [0, 0.05) is 23.3 Å². The van der Waals surface area contributed by atoms with Gasteiger partial charge in [0.1, 0.15) is 34.5 Å². The molecule has 570 valence electrons. The third-order valence-electron chi connectivity index (χ3n) is 20.1. The van der Waals surface area contributed by atoms with E-state index in [1.54, 1.807) is 0 Å². The van der Waals surface area contributed by atoms with Gasteiger partial charge in [-0.2, -0.15) is 0 Å². The summed E-state index contributed by atoms with van der Waals surface area (Å²) in [5.41, 5.74) is 4.30. The summed E-state index contributed by atoms with van der Waals surface area (Å²) in [6.07, 6.45) is 59.0. The molecule has 3 aromatic rings. The molecule has 0 aliphatic heterocycles. The summed E-state index contributed by atoms with van der Waals surface area (Å²) >= 11 is 0. The van der Waals surface area contributed by atoms with Crippen LogP contribution in [0.15, 0.2) is 36.4 Å². The number of benzene rings is 3. The topological polar surface area (TPSA) is 95.8 Å². The fraction of sp³-hybridized carbons (Fsp3) is 0.761. The summed E-state index contributed by atoms with van der Waals surface area (Å²) in [6, 6.07) is 12.0. The first kappa shape index (κ1) is 89.7. The molecular formula is C92H154O8. The molecule has 0 saturated carbocycles. The third kappa shape index (κ3) is 44.9. The summed E-state index contributed by atoms with van der Waals surface area (Å²) in [6.45, 7) is 26.1. The maximum atomic E-state index is 10.9. The molecule has 0 aliphatic carbocycles. The van der Waals surface area contributed by atoms with E-state index in [0.717, 1.165) is 88.2 Å². The van der Waals surface area contributed by atoms with Crippen LogP contribution >= 0.6 is 0 Å². The van der Waals surface area contributed by atoms with Crippen LogP contribution in [0.25, 0.3) is 0 Å². The van der Waals surface area contributed by atoms with E-state index in [0.29, 0.717) is 120 Å². The molecule has 2 atom stereocenters. The highest BCUT2D eigenvalue weighted by Gasteiger charge is 2.18. The monoisotopic (exact) mass is 1390 g/mol. The smallest absolute Gasteiger partial charge is 0.136 e. The molecule has 0 fully saturated rings. The van der Waals surface area contributed by atoms with E-state index in [-0.39, 0.29) is 13.2 Å². The highest BCUT2D eigenvalue weighted by atomic mass is 16.5. The Morgan fingerprint density at radius 2 is 0.450 bits per heavy atom. The van der Waals surface area contributed by atoms with Crippen LogP contribution in [-0.4, -0.2) is 49.9 Å². The lowest BCUT2D eigenvalue weighted by molar-refractivity contribution is 0.256. The quantitative estimate of drug-likeness (QED) is 0.0426. The molecule has 0 unspecified atom stereocenters. The van der Waals surface area contributed by atoms with Crippen LogP contribution < -0.4 is 28.4 Å². The van der Waals surface area contributed by atoms with Gasteiger partial charge in [0.2, 0.25) is 0 Å². The molecule has 0 amide bonds. The summed E-state index contributed by atoms with van der Waals surface area (Å²) in [5, 5.41) is 21.7. The highest BCUT2D eigenvalue weighted by Crippen LogP contribution is 2.35. The third-order valence-corrected chi connectivity index (χ3v) is 20.1. The number of aliphatic hydroxyl groups is 2. The molecule has 8 heteroatoms. The summed E-state index contributed by atoms with van der Waals surface area (Å²) in [4.78, 5) is 0. The lowest BCUT2D eigenvalue weighted by atomic mass is 9.97. The van der Waals surface area contributed by atoms with Gasteiger partial charge in [0.15, 0.2) is 0 Å². The first-order valence-corrected chi connectivity index (χ1v) is 42.5. The highest BCUT2D eigenvalue weighted by molar-refractivity contribution is 5.63. The van der Waals surface area contributed by atoms with Crippen LogP contribution in [0.3, 0.4) is 0 Å². The van der Waals surface area contributed by atoms with Crippen molar-refractivity contribution in [2.45, 2.75) is 391 Å². The van der Waals surface area contributed by atoms with E-state index in [4.69, 9.17) is 28.4 Å². The SMILES string of the molecule is CCCCCCCCCCCCOc1cc(CO)c(OCCCCCCCCCCCC)cc1C#Cc1cc(OCC[C@@H](C)CCCC(C)C)c(C#Cc2cc(OCCCCCCCCCCCC)c(CO)cc2OCCCCCCCCCCCC)cc1OCC[C@@H](C)CCCC(C)C. The Morgan fingerprint density at radius 3 is 0.690 bits per heavy atom. The van der Waals surface area contributed by atoms with E-state index in [1.165, 1.54) is 231 Å². The van der Waals surface area contributed by atoms with Gasteiger partial charge >= 0.3 is 0 Å². The predicted octanol–water partition coefficient (Wildman–Crippen LogP) is 27.1. The number of hydrogen-bond donors (Lipinski definition) is 2. The first-order valence-electron chi connectivity index (χ1n) is 42.5. The summed E-state index contributed by atoms with van der Waals surface area (Å²) < 4.78 is 40.4. The van der Waals surface area contributed by atoms with Crippen molar-refractivity contribution in [3.05, 3.63) is 69.8 Å². The zero-order valence-electron chi connectivity index (χ0n) is 66.7. The minimum atomic E-state index is -0.157. The average Bonchev–Trinajstić information content (AvgIpc) is 0.821. The van der Waals surface area contributed by atoms with E-state index in [1.807, 2.05) is 24.3 Å². The number of hydrogen-bond acceptors (Lipinski definition) is 8. The first-order chi connectivity index (χ1) is 49.0. The van der Waals surface area contributed by atoms with Crippen molar-refractivity contribution >= 4 is 0 Å².